The molecule has 1 heterocycles. The van der Waals surface area contributed by atoms with Gasteiger partial charge in [0.2, 0.25) is 0 Å². The molecule has 0 bridgehead atoms. The zero-order valence-corrected chi connectivity index (χ0v) is 19.1. The number of aliphatic hydroxyl groups is 1. The van der Waals surface area contributed by atoms with Gasteiger partial charge in [0, 0.05) is 0 Å². The lowest BCUT2D eigenvalue weighted by atomic mass is 10.2. The van der Waals surface area contributed by atoms with Crippen molar-refractivity contribution in [2.45, 2.75) is 32.0 Å². The van der Waals surface area contributed by atoms with Crippen LogP contribution in [-0.2, 0) is 14.2 Å². The fraction of sp³-hybridized carbons (Fsp3) is 0.435. The van der Waals surface area contributed by atoms with Crippen LogP contribution >= 0.6 is 20.7 Å². The summed E-state index contributed by atoms with van der Waals surface area (Å²) in [6.07, 6.45) is 7.09. The molecule has 2 atom stereocenters. The van der Waals surface area contributed by atoms with Crippen molar-refractivity contribution in [2.75, 3.05) is 33.0 Å². The Morgan fingerprint density at radius 1 is 1.10 bits per heavy atom. The molecule has 1 aromatic carbocycles. The number of halogens is 1. The molecule has 1 N–H and O–H groups in total. The monoisotopic (exact) mass is 514 g/mol. The van der Waals surface area contributed by atoms with E-state index in [0.717, 1.165) is 24.4 Å². The molecule has 0 saturated heterocycles. The normalized spacial score (nSPS) is 15.5. The largest absolute Gasteiger partial charge is 0.491 e. The summed E-state index contributed by atoms with van der Waals surface area (Å²) < 4.78 is 26.7. The van der Waals surface area contributed by atoms with E-state index in [1.54, 1.807) is 6.08 Å². The van der Waals surface area contributed by atoms with Crippen molar-refractivity contribution in [1.82, 2.24) is 0 Å². The average Bonchev–Trinajstić information content (AvgIpc) is 2.74. The minimum Gasteiger partial charge on any atom is -0.491 e. The predicted octanol–water partition coefficient (Wildman–Crippen LogP) is 4.39. The number of benzene rings is 1. The van der Waals surface area contributed by atoms with Crippen molar-refractivity contribution < 1.29 is 24.1 Å². The molecule has 2 unspecified atom stereocenters. The molecule has 0 fully saturated rings. The Bertz CT molecular complexity index is 684. The highest BCUT2D eigenvalue weighted by Crippen LogP contribution is 2.19. The molecule has 0 aromatic heterocycles. The molecular weight excluding hydrogens is 483 g/mol. The summed E-state index contributed by atoms with van der Waals surface area (Å²) in [6, 6.07) is 9.59. The van der Waals surface area contributed by atoms with Gasteiger partial charge in [0.1, 0.15) is 36.9 Å². The molecule has 0 aliphatic carbocycles. The van der Waals surface area contributed by atoms with Crippen LogP contribution in [0.2, 0.25) is 0 Å². The Morgan fingerprint density at radius 3 is 2.66 bits per heavy atom. The van der Waals surface area contributed by atoms with Crippen LogP contribution in [0.1, 0.15) is 19.8 Å². The third-order valence-electron chi connectivity index (χ3n) is 3.90. The van der Waals surface area contributed by atoms with Gasteiger partial charge in [0.25, 0.3) is 0 Å². The van der Waals surface area contributed by atoms with Gasteiger partial charge < -0.3 is 24.1 Å². The highest BCUT2D eigenvalue weighted by molar-refractivity contribution is 14.2. The van der Waals surface area contributed by atoms with Gasteiger partial charge in [-0.1, -0.05) is 58.4 Å². The summed E-state index contributed by atoms with van der Waals surface area (Å²) in [7, 11) is 0. The topological polar surface area (TPSA) is 57.2 Å². The van der Waals surface area contributed by atoms with Gasteiger partial charge in [0.05, 0.1) is 19.8 Å². The van der Waals surface area contributed by atoms with E-state index in [1.807, 2.05) is 36.4 Å². The predicted molar refractivity (Wildman–Crippen MR) is 126 cm³/mol. The van der Waals surface area contributed by atoms with E-state index in [2.05, 4.69) is 23.7 Å². The van der Waals surface area contributed by atoms with Gasteiger partial charge in [-0.05, 0) is 38.3 Å². The quantitative estimate of drug-likeness (QED) is 0.214. The van der Waals surface area contributed by atoms with Crippen molar-refractivity contribution in [3.63, 3.8) is 0 Å². The molecule has 160 valence electrons. The third-order valence-corrected chi connectivity index (χ3v) is 6.27. The van der Waals surface area contributed by atoms with Crippen LogP contribution in [0.3, 0.4) is 0 Å². The third kappa shape index (κ3) is 10.2. The van der Waals surface area contributed by atoms with Crippen LogP contribution < -0.4 is 4.74 Å². The lowest BCUT2D eigenvalue weighted by Gasteiger charge is -2.21. The molecule has 29 heavy (non-hydrogen) atoms. The van der Waals surface area contributed by atoms with Crippen LogP contribution in [-0.4, -0.2) is 53.9 Å². The van der Waals surface area contributed by atoms with Gasteiger partial charge in [-0.3, -0.25) is 0 Å². The van der Waals surface area contributed by atoms with Crippen LogP contribution in [0.15, 0.2) is 65.0 Å². The zero-order chi connectivity index (χ0) is 20.7. The van der Waals surface area contributed by atoms with E-state index < -0.39 is 6.10 Å². The molecule has 0 amide bonds. The number of hydrogen-bond donors (Lipinski definition) is 1. The number of para-hydroxylation sites is 1. The summed E-state index contributed by atoms with van der Waals surface area (Å²) in [6.45, 7) is 7.22. The number of aliphatic hydroxyl groups excluding tert-OH is 1. The van der Waals surface area contributed by atoms with Gasteiger partial charge in [-0.25, -0.2) is 0 Å². The van der Waals surface area contributed by atoms with Crippen molar-refractivity contribution in [2.24, 2.45) is 0 Å². The van der Waals surface area contributed by atoms with E-state index in [-0.39, 0.29) is 40.0 Å². The smallest absolute Gasteiger partial charge is 0.125 e. The van der Waals surface area contributed by atoms with E-state index in [0.29, 0.717) is 19.8 Å². The van der Waals surface area contributed by atoms with Gasteiger partial charge in [-0.15, -0.1) is 6.58 Å². The molecular formula is C23H31IO5. The van der Waals surface area contributed by atoms with Crippen molar-refractivity contribution >= 4 is 24.2 Å². The lowest BCUT2D eigenvalue weighted by molar-refractivity contribution is -0.0699. The fourth-order valence-corrected chi connectivity index (χ4v) is 4.82. The molecule has 6 heteroatoms. The first-order valence-electron chi connectivity index (χ1n) is 9.87. The van der Waals surface area contributed by atoms with Crippen molar-refractivity contribution in [3.8, 4) is 5.75 Å². The zero-order valence-electron chi connectivity index (χ0n) is 17.0. The molecule has 0 saturated carbocycles. The molecule has 2 rings (SSSR count). The number of allylic oxidation sites excluding steroid dienone is 2. The van der Waals surface area contributed by atoms with Crippen LogP contribution in [0.5, 0.6) is 5.75 Å². The maximum absolute atomic E-state index is 10.0. The molecule has 0 radical (unpaired) electrons. The SMILES string of the molecule is C=CCOCC(O)COC(COC1=CC(CCC)=IC=C1)COc1ccccc1. The summed E-state index contributed by atoms with van der Waals surface area (Å²) in [5.41, 5.74) is 0. The summed E-state index contributed by atoms with van der Waals surface area (Å²) >= 11 is -0.00380. The highest BCUT2D eigenvalue weighted by atomic mass is 127. The summed E-state index contributed by atoms with van der Waals surface area (Å²) in [5, 5.41) is 10.0. The minimum atomic E-state index is -0.711. The molecule has 1 aliphatic rings. The highest BCUT2D eigenvalue weighted by Gasteiger charge is 2.16. The number of hydrogen-bond acceptors (Lipinski definition) is 5. The van der Waals surface area contributed by atoms with E-state index in [1.165, 1.54) is 3.51 Å². The number of ether oxygens (including phenoxy) is 4. The van der Waals surface area contributed by atoms with E-state index in [9.17, 15) is 5.11 Å². The van der Waals surface area contributed by atoms with Crippen molar-refractivity contribution in [1.29, 1.82) is 0 Å². The molecule has 5 nitrogen and oxygen atoms in total. The number of rotatable bonds is 15. The molecule has 1 aliphatic heterocycles. The van der Waals surface area contributed by atoms with Crippen molar-refractivity contribution in [3.05, 3.63) is 65.0 Å². The van der Waals surface area contributed by atoms with E-state index >= 15 is 0 Å². The van der Waals surface area contributed by atoms with Crippen LogP contribution in [0.4, 0.5) is 0 Å². The Labute approximate surface area is 183 Å². The van der Waals surface area contributed by atoms with Crippen LogP contribution in [0.25, 0.3) is 0 Å². The van der Waals surface area contributed by atoms with Gasteiger partial charge in [-0.2, -0.15) is 0 Å². The average molecular weight is 514 g/mol. The second-order valence-corrected chi connectivity index (χ2v) is 9.24. The Balaban J connectivity index is 1.86. The van der Waals surface area contributed by atoms with Gasteiger partial charge >= 0.3 is 0 Å². The lowest BCUT2D eigenvalue weighted by Crippen LogP contribution is -2.32. The van der Waals surface area contributed by atoms with E-state index in [4.69, 9.17) is 18.9 Å². The standard InChI is InChI=1S/C23H31IO5/c1-3-8-19-14-22(11-12-24-19)29-18-23(17-28-21-9-6-5-7-10-21)27-16-20(25)15-26-13-4-2/h4-7,9-12,14,20,23,25H,2-3,8,13,15-18H2,1H3. The van der Waals surface area contributed by atoms with Crippen LogP contribution in [0, 0.1) is 0 Å². The summed E-state index contributed by atoms with van der Waals surface area (Å²) in [5.74, 6) is 1.64. The Morgan fingerprint density at radius 2 is 1.90 bits per heavy atom. The first-order chi connectivity index (χ1) is 14.2. The summed E-state index contributed by atoms with van der Waals surface area (Å²) in [4.78, 5) is 0. The first kappa shape index (κ1) is 23.8. The van der Waals surface area contributed by atoms with Gasteiger partial charge in [0.15, 0.2) is 0 Å². The minimum absolute atomic E-state index is 0.00380. The maximum Gasteiger partial charge on any atom is 0.125 e. The first-order valence-corrected chi connectivity index (χ1v) is 12.2. The second kappa shape index (κ2) is 14.5. The fourth-order valence-electron chi connectivity index (χ4n) is 2.49. The second-order valence-electron chi connectivity index (χ2n) is 6.52. The molecule has 0 spiro atoms. The molecule has 1 aromatic rings. The Kier molecular flexibility index (Phi) is 11.9. The maximum atomic E-state index is 10.0. The Hall–Kier alpha value is -1.48.